The number of hydrogen-bond donors (Lipinski definition) is 2. The molecule has 0 spiro atoms. The van der Waals surface area contributed by atoms with Gasteiger partial charge in [0.2, 0.25) is 5.91 Å². The molecule has 4 aliphatic rings. The molecule has 0 aromatic rings. The summed E-state index contributed by atoms with van der Waals surface area (Å²) in [5.41, 5.74) is 0.471. The third-order valence-electron chi connectivity index (χ3n) is 5.53. The number of amides is 1. The van der Waals surface area contributed by atoms with Gasteiger partial charge in [-0.05, 0) is 67.4 Å². The molecule has 4 aliphatic carbocycles. The molecule has 4 bridgehead atoms. The minimum Gasteiger partial charge on any atom is -0.480 e. The summed E-state index contributed by atoms with van der Waals surface area (Å²) >= 11 is 1.72. The van der Waals surface area contributed by atoms with Gasteiger partial charge in [0.15, 0.2) is 0 Å². The van der Waals surface area contributed by atoms with E-state index in [1.165, 1.54) is 45.4 Å². The van der Waals surface area contributed by atoms with Crippen molar-refractivity contribution in [2.45, 2.75) is 51.5 Å². The van der Waals surface area contributed by atoms with Crippen molar-refractivity contribution in [3.63, 3.8) is 0 Å². The summed E-state index contributed by atoms with van der Waals surface area (Å²) in [5.74, 6) is 3.16. The molecule has 0 heterocycles. The molecular formula is C16H25NO3S. The number of carbonyl (C=O) groups is 2. The summed E-state index contributed by atoms with van der Waals surface area (Å²) in [6.07, 6.45) is 8.37. The Morgan fingerprint density at radius 3 is 2.14 bits per heavy atom. The molecule has 0 radical (unpaired) electrons. The first kappa shape index (κ1) is 15.2. The van der Waals surface area contributed by atoms with E-state index in [1.807, 2.05) is 0 Å². The number of aliphatic carboxylic acids is 1. The molecule has 1 amide bonds. The number of thioether (sulfide) groups is 1. The highest BCUT2D eigenvalue weighted by atomic mass is 32.2. The fourth-order valence-electron chi connectivity index (χ4n) is 5.28. The Morgan fingerprint density at radius 2 is 1.71 bits per heavy atom. The second-order valence-electron chi connectivity index (χ2n) is 7.52. The Hall–Kier alpha value is -0.710. The Balaban J connectivity index is 1.53. The van der Waals surface area contributed by atoms with Crippen LogP contribution in [0.2, 0.25) is 0 Å². The third-order valence-corrected chi connectivity index (χ3v) is 6.92. The fraction of sp³-hybridized carbons (Fsp3) is 0.875. The highest BCUT2D eigenvalue weighted by Gasteiger charge is 2.50. The molecule has 4 nitrogen and oxygen atoms in total. The number of carboxylic acids is 1. The summed E-state index contributed by atoms with van der Waals surface area (Å²) in [4.78, 5) is 22.2. The van der Waals surface area contributed by atoms with Crippen LogP contribution in [0.25, 0.3) is 0 Å². The molecule has 0 unspecified atom stereocenters. The van der Waals surface area contributed by atoms with Crippen LogP contribution in [-0.4, -0.2) is 34.5 Å². The zero-order valence-corrected chi connectivity index (χ0v) is 13.5. The molecule has 0 aromatic carbocycles. The van der Waals surface area contributed by atoms with Crippen molar-refractivity contribution in [2.24, 2.45) is 23.2 Å². The van der Waals surface area contributed by atoms with Crippen molar-refractivity contribution in [2.75, 3.05) is 11.5 Å². The molecule has 21 heavy (non-hydrogen) atoms. The van der Waals surface area contributed by atoms with Crippen LogP contribution in [0.1, 0.15) is 45.4 Å². The highest BCUT2D eigenvalue weighted by Crippen LogP contribution is 2.60. The van der Waals surface area contributed by atoms with Crippen LogP contribution >= 0.6 is 11.8 Å². The van der Waals surface area contributed by atoms with Crippen molar-refractivity contribution in [3.8, 4) is 0 Å². The number of hydrogen-bond acceptors (Lipinski definition) is 3. The molecule has 118 valence electrons. The lowest BCUT2D eigenvalue weighted by Crippen LogP contribution is -2.47. The smallest absolute Gasteiger partial charge is 0.327 e. The van der Waals surface area contributed by atoms with E-state index >= 15 is 0 Å². The Morgan fingerprint density at radius 1 is 1.19 bits per heavy atom. The van der Waals surface area contributed by atoms with E-state index in [2.05, 4.69) is 5.32 Å². The van der Waals surface area contributed by atoms with E-state index in [0.29, 0.717) is 11.2 Å². The van der Waals surface area contributed by atoms with Crippen molar-refractivity contribution in [1.82, 2.24) is 5.32 Å². The molecule has 5 heteroatoms. The first-order chi connectivity index (χ1) is 9.96. The first-order valence-electron chi connectivity index (χ1n) is 8.03. The van der Waals surface area contributed by atoms with Gasteiger partial charge in [0.25, 0.3) is 0 Å². The lowest BCUT2D eigenvalue weighted by Gasteiger charge is -2.57. The standard InChI is InChI=1S/C16H25NO3S/c1-10(18)17-14(15(19)20)8-21-9-16-5-11-2-12(6-16)4-13(3-11)7-16/h11-14H,2-9H2,1H3,(H,17,18)(H,19,20)/t11?,12?,13?,14-,16?/m0/s1. The van der Waals surface area contributed by atoms with Crippen LogP contribution in [0.4, 0.5) is 0 Å². The molecule has 1 atom stereocenters. The van der Waals surface area contributed by atoms with E-state index in [4.69, 9.17) is 5.11 Å². The molecular weight excluding hydrogens is 286 g/mol. The Kier molecular flexibility index (Phi) is 4.21. The van der Waals surface area contributed by atoms with Gasteiger partial charge in [-0.25, -0.2) is 4.79 Å². The van der Waals surface area contributed by atoms with Gasteiger partial charge in [-0.15, -0.1) is 0 Å². The SMILES string of the molecule is CC(=O)N[C@@H](CSCC12CC3CC(CC(C3)C1)C2)C(=O)O. The van der Waals surface area contributed by atoms with Crippen molar-refractivity contribution in [3.05, 3.63) is 0 Å². The average Bonchev–Trinajstić information content (AvgIpc) is 2.35. The molecule has 2 N–H and O–H groups in total. The topological polar surface area (TPSA) is 66.4 Å². The summed E-state index contributed by atoms with van der Waals surface area (Å²) < 4.78 is 0. The van der Waals surface area contributed by atoms with Crippen LogP contribution in [-0.2, 0) is 9.59 Å². The maximum Gasteiger partial charge on any atom is 0.327 e. The molecule has 0 aromatic heterocycles. The van der Waals surface area contributed by atoms with Crippen molar-refractivity contribution < 1.29 is 14.7 Å². The fourth-order valence-corrected chi connectivity index (χ4v) is 6.65. The van der Waals surface area contributed by atoms with E-state index in [1.54, 1.807) is 11.8 Å². The lowest BCUT2D eigenvalue weighted by atomic mass is 9.50. The second-order valence-corrected chi connectivity index (χ2v) is 8.55. The van der Waals surface area contributed by atoms with Crippen LogP contribution < -0.4 is 5.32 Å². The van der Waals surface area contributed by atoms with Crippen LogP contribution in [0.5, 0.6) is 0 Å². The largest absolute Gasteiger partial charge is 0.480 e. The van der Waals surface area contributed by atoms with Crippen LogP contribution in [0.15, 0.2) is 0 Å². The van der Waals surface area contributed by atoms with Gasteiger partial charge < -0.3 is 10.4 Å². The zero-order valence-electron chi connectivity index (χ0n) is 12.6. The summed E-state index contributed by atoms with van der Waals surface area (Å²) in [5, 5.41) is 11.7. The van der Waals surface area contributed by atoms with Crippen molar-refractivity contribution >= 4 is 23.6 Å². The van der Waals surface area contributed by atoms with Gasteiger partial charge in [0.1, 0.15) is 6.04 Å². The second kappa shape index (κ2) is 5.82. The number of rotatable bonds is 6. The Bertz CT molecular complexity index is 402. The number of carbonyl (C=O) groups excluding carboxylic acids is 1. The quantitative estimate of drug-likeness (QED) is 0.791. The van der Waals surface area contributed by atoms with E-state index < -0.39 is 12.0 Å². The number of nitrogens with one attached hydrogen (secondary N) is 1. The van der Waals surface area contributed by atoms with Crippen molar-refractivity contribution in [1.29, 1.82) is 0 Å². The lowest BCUT2D eigenvalue weighted by molar-refractivity contribution is -0.140. The first-order valence-corrected chi connectivity index (χ1v) is 9.19. The molecule has 0 saturated heterocycles. The monoisotopic (exact) mass is 311 g/mol. The normalized spacial score (nSPS) is 38.2. The Labute approximate surface area is 130 Å². The average molecular weight is 311 g/mol. The number of carboxylic acid groups (broad SMARTS) is 1. The van der Waals surface area contributed by atoms with Gasteiger partial charge in [0.05, 0.1) is 0 Å². The van der Waals surface area contributed by atoms with Gasteiger partial charge in [-0.2, -0.15) is 11.8 Å². The van der Waals surface area contributed by atoms with Gasteiger partial charge in [0, 0.05) is 12.7 Å². The third kappa shape index (κ3) is 3.38. The maximum absolute atomic E-state index is 11.2. The van der Waals surface area contributed by atoms with Gasteiger partial charge in [-0.1, -0.05) is 0 Å². The van der Waals surface area contributed by atoms with E-state index in [-0.39, 0.29) is 5.91 Å². The van der Waals surface area contributed by atoms with Gasteiger partial charge >= 0.3 is 5.97 Å². The predicted octanol–water partition coefficient (Wildman–Crippen LogP) is 2.53. The molecule has 4 saturated carbocycles. The molecule has 4 fully saturated rings. The summed E-state index contributed by atoms with van der Waals surface area (Å²) in [7, 11) is 0. The van der Waals surface area contributed by atoms with Crippen LogP contribution in [0, 0.1) is 23.2 Å². The van der Waals surface area contributed by atoms with E-state index in [0.717, 1.165) is 23.5 Å². The maximum atomic E-state index is 11.2. The molecule has 4 rings (SSSR count). The van der Waals surface area contributed by atoms with E-state index in [9.17, 15) is 9.59 Å². The van der Waals surface area contributed by atoms with Gasteiger partial charge in [-0.3, -0.25) is 4.79 Å². The molecule has 0 aliphatic heterocycles. The minimum absolute atomic E-state index is 0.266. The predicted molar refractivity (Wildman–Crippen MR) is 83.2 cm³/mol. The highest BCUT2D eigenvalue weighted by molar-refractivity contribution is 7.99. The summed E-state index contributed by atoms with van der Waals surface area (Å²) in [6.45, 7) is 1.37. The minimum atomic E-state index is -0.928. The summed E-state index contributed by atoms with van der Waals surface area (Å²) in [6, 6.07) is -0.749. The zero-order chi connectivity index (χ0) is 15.0. The van der Waals surface area contributed by atoms with Crippen LogP contribution in [0.3, 0.4) is 0 Å².